The molecule has 2 aliphatic rings. The number of benzene rings is 1. The van der Waals surface area contributed by atoms with Gasteiger partial charge in [0, 0.05) is 24.7 Å². The van der Waals surface area contributed by atoms with Gasteiger partial charge in [0.05, 0.1) is 11.4 Å². The van der Waals surface area contributed by atoms with Crippen molar-refractivity contribution >= 4 is 21.8 Å². The van der Waals surface area contributed by atoms with Gasteiger partial charge in [-0.2, -0.15) is 0 Å². The number of cyclic esters (lactones) is 1. The van der Waals surface area contributed by atoms with E-state index in [9.17, 15) is 13.2 Å². The lowest BCUT2D eigenvalue weighted by Crippen LogP contribution is -2.51. The Morgan fingerprint density at radius 3 is 2.53 bits per heavy atom. The van der Waals surface area contributed by atoms with Gasteiger partial charge in [-0.05, 0) is 25.3 Å². The zero-order chi connectivity index (χ0) is 22.1. The molecule has 0 saturated carbocycles. The van der Waals surface area contributed by atoms with Crippen molar-refractivity contribution in [1.29, 1.82) is 0 Å². The predicted molar refractivity (Wildman–Crippen MR) is 122 cm³/mol. The average Bonchev–Trinajstić information content (AvgIpc) is 2.75. The smallest absolute Gasteiger partial charge is 0.414 e. The summed E-state index contributed by atoms with van der Waals surface area (Å²) in [6.45, 7) is 10.6. The van der Waals surface area contributed by atoms with E-state index in [1.165, 1.54) is 4.31 Å². The lowest BCUT2D eigenvalue weighted by molar-refractivity contribution is 0.135. The summed E-state index contributed by atoms with van der Waals surface area (Å²) in [4.78, 5) is 14.2. The number of hydrogen-bond acceptors (Lipinski definition) is 4. The minimum Gasteiger partial charge on any atom is -0.444 e. The predicted octanol–water partition coefficient (Wildman–Crippen LogP) is 4.57. The highest BCUT2D eigenvalue weighted by atomic mass is 32.2. The second kappa shape index (κ2) is 11.1. The Labute approximate surface area is 180 Å². The molecule has 0 spiro atoms. The molecule has 2 aliphatic heterocycles. The van der Waals surface area contributed by atoms with Gasteiger partial charge in [0.15, 0.2) is 0 Å². The van der Waals surface area contributed by atoms with Crippen LogP contribution in [0, 0.1) is 6.92 Å². The molecule has 0 unspecified atom stereocenters. The molecule has 164 valence electrons. The number of anilines is 1. The Bertz CT molecular complexity index is 898. The Balaban J connectivity index is 0.00000155. The van der Waals surface area contributed by atoms with Crippen LogP contribution in [0.4, 0.5) is 10.5 Å². The van der Waals surface area contributed by atoms with Gasteiger partial charge < -0.3 is 4.74 Å². The SMILES string of the molecule is C=C/C=C\C=C\CS(=O)(=O)N1CCC(N2C(=O)OCc3cccc(C)c32)CC1.CC. The van der Waals surface area contributed by atoms with Crippen LogP contribution < -0.4 is 4.90 Å². The number of carbonyl (C=O) groups is 1. The second-order valence-corrected chi connectivity index (χ2v) is 8.98. The minimum absolute atomic E-state index is 0.0349. The molecule has 3 rings (SSSR count). The van der Waals surface area contributed by atoms with Crippen LogP contribution in [0.2, 0.25) is 0 Å². The van der Waals surface area contributed by atoms with Crippen LogP contribution >= 0.6 is 0 Å². The van der Waals surface area contributed by atoms with Crippen LogP contribution in [-0.4, -0.2) is 43.7 Å². The molecule has 7 heteroatoms. The van der Waals surface area contributed by atoms with E-state index in [2.05, 4.69) is 6.58 Å². The summed E-state index contributed by atoms with van der Waals surface area (Å²) in [5, 5.41) is 0. The van der Waals surface area contributed by atoms with E-state index < -0.39 is 10.0 Å². The number of para-hydroxylation sites is 1. The summed E-state index contributed by atoms with van der Waals surface area (Å²) >= 11 is 0. The molecule has 0 bridgehead atoms. The number of fused-ring (bicyclic) bond motifs is 1. The van der Waals surface area contributed by atoms with Crippen molar-refractivity contribution in [3.8, 4) is 0 Å². The van der Waals surface area contributed by atoms with Crippen LogP contribution in [-0.2, 0) is 21.4 Å². The minimum atomic E-state index is -3.35. The van der Waals surface area contributed by atoms with Crippen molar-refractivity contribution in [2.75, 3.05) is 23.7 Å². The van der Waals surface area contributed by atoms with E-state index in [1.54, 1.807) is 35.3 Å². The average molecular weight is 433 g/mol. The van der Waals surface area contributed by atoms with Crippen molar-refractivity contribution < 1.29 is 17.9 Å². The first-order valence-electron chi connectivity index (χ1n) is 10.4. The summed E-state index contributed by atoms with van der Waals surface area (Å²) in [5.74, 6) is -0.0349. The fourth-order valence-corrected chi connectivity index (χ4v) is 5.03. The van der Waals surface area contributed by atoms with Gasteiger partial charge in [-0.1, -0.05) is 69.0 Å². The second-order valence-electron chi connectivity index (χ2n) is 6.96. The molecular formula is C23H32N2O4S. The topological polar surface area (TPSA) is 66.9 Å². The number of carbonyl (C=O) groups excluding carboxylic acids is 1. The fraction of sp³-hybridized carbons (Fsp3) is 0.435. The lowest BCUT2D eigenvalue weighted by atomic mass is 10.00. The Kier molecular flexibility index (Phi) is 8.87. The first-order valence-corrected chi connectivity index (χ1v) is 12.0. The summed E-state index contributed by atoms with van der Waals surface area (Å²) in [6.07, 6.45) is 9.28. The maximum absolute atomic E-state index is 12.5. The molecule has 0 radical (unpaired) electrons. The van der Waals surface area contributed by atoms with Crippen LogP contribution in [0.3, 0.4) is 0 Å². The quantitative estimate of drug-likeness (QED) is 0.618. The van der Waals surface area contributed by atoms with Crippen LogP contribution in [0.5, 0.6) is 0 Å². The Hall–Kier alpha value is -2.38. The lowest BCUT2D eigenvalue weighted by Gasteiger charge is -2.40. The summed E-state index contributed by atoms with van der Waals surface area (Å²) in [7, 11) is -3.35. The highest BCUT2D eigenvalue weighted by molar-refractivity contribution is 7.89. The molecule has 6 nitrogen and oxygen atoms in total. The Morgan fingerprint density at radius 1 is 1.17 bits per heavy atom. The van der Waals surface area contributed by atoms with E-state index in [0.717, 1.165) is 16.8 Å². The first kappa shape index (κ1) is 23.9. The van der Waals surface area contributed by atoms with E-state index in [-0.39, 0.29) is 24.5 Å². The zero-order valence-corrected chi connectivity index (χ0v) is 18.9. The largest absolute Gasteiger partial charge is 0.444 e. The molecule has 0 aromatic heterocycles. The van der Waals surface area contributed by atoms with Gasteiger partial charge in [-0.15, -0.1) is 0 Å². The van der Waals surface area contributed by atoms with Gasteiger partial charge in [0.2, 0.25) is 10.0 Å². The van der Waals surface area contributed by atoms with Crippen molar-refractivity contribution in [3.05, 3.63) is 66.3 Å². The molecule has 2 heterocycles. The standard InChI is InChI=1S/C21H26N2O4S.C2H6/c1-3-4-5-6-7-15-28(25,26)22-13-11-19(12-14-22)23-20-17(2)9-8-10-18(20)16-27-21(23)24;1-2/h3-10,19H,1,11-16H2,2H3;1-2H3/b5-4-,7-6+;. The number of hydrogen-bond donors (Lipinski definition) is 0. The van der Waals surface area contributed by atoms with Crippen LogP contribution in [0.25, 0.3) is 0 Å². The summed E-state index contributed by atoms with van der Waals surface area (Å²) in [6, 6.07) is 5.84. The molecule has 1 amide bonds. The van der Waals surface area contributed by atoms with E-state index in [4.69, 9.17) is 4.74 Å². The van der Waals surface area contributed by atoms with Crippen molar-refractivity contribution in [2.45, 2.75) is 46.3 Å². The van der Waals surface area contributed by atoms with E-state index >= 15 is 0 Å². The molecule has 1 aromatic carbocycles. The third kappa shape index (κ3) is 5.61. The number of piperidine rings is 1. The number of nitrogens with zero attached hydrogens (tertiary/aromatic N) is 2. The maximum atomic E-state index is 12.5. The van der Waals surface area contributed by atoms with Gasteiger partial charge in [0.1, 0.15) is 6.61 Å². The molecule has 1 aromatic rings. The summed E-state index contributed by atoms with van der Waals surface area (Å²) < 4.78 is 31.9. The van der Waals surface area contributed by atoms with Gasteiger partial charge >= 0.3 is 6.09 Å². The van der Waals surface area contributed by atoms with Crippen molar-refractivity contribution in [3.63, 3.8) is 0 Å². The third-order valence-electron chi connectivity index (χ3n) is 5.09. The maximum Gasteiger partial charge on any atom is 0.414 e. The molecule has 30 heavy (non-hydrogen) atoms. The molecule has 0 N–H and O–H groups in total. The van der Waals surface area contributed by atoms with Gasteiger partial charge in [-0.3, -0.25) is 4.90 Å². The normalized spacial score (nSPS) is 18.1. The van der Waals surface area contributed by atoms with Crippen LogP contribution in [0.1, 0.15) is 37.8 Å². The first-order chi connectivity index (χ1) is 14.4. The highest BCUT2D eigenvalue weighted by Gasteiger charge is 2.37. The fourth-order valence-electron chi connectivity index (χ4n) is 3.70. The van der Waals surface area contributed by atoms with Crippen molar-refractivity contribution in [2.24, 2.45) is 0 Å². The third-order valence-corrected chi connectivity index (χ3v) is 6.86. The monoisotopic (exact) mass is 432 g/mol. The Morgan fingerprint density at radius 2 is 1.87 bits per heavy atom. The van der Waals surface area contributed by atoms with Crippen LogP contribution in [0.15, 0.2) is 55.2 Å². The van der Waals surface area contributed by atoms with Crippen molar-refractivity contribution in [1.82, 2.24) is 4.31 Å². The highest BCUT2D eigenvalue weighted by Crippen LogP contribution is 2.34. The molecule has 0 atom stereocenters. The van der Waals surface area contributed by atoms with E-state index in [0.29, 0.717) is 25.9 Å². The van der Waals surface area contributed by atoms with Gasteiger partial charge in [0.25, 0.3) is 0 Å². The van der Waals surface area contributed by atoms with Gasteiger partial charge in [-0.25, -0.2) is 17.5 Å². The zero-order valence-electron chi connectivity index (χ0n) is 18.1. The molecule has 1 fully saturated rings. The van der Waals surface area contributed by atoms with E-state index in [1.807, 2.05) is 39.0 Å². The molecule has 1 saturated heterocycles. The number of sulfonamides is 1. The number of rotatable bonds is 6. The molecular weight excluding hydrogens is 400 g/mol. The number of aryl methyl sites for hydroxylation is 1. The number of ether oxygens (including phenoxy) is 1. The number of amides is 1. The number of allylic oxidation sites excluding steroid dienone is 4. The summed E-state index contributed by atoms with van der Waals surface area (Å²) in [5.41, 5.74) is 2.94. The molecule has 0 aliphatic carbocycles.